The highest BCUT2D eigenvalue weighted by Gasteiger charge is 2.39. The summed E-state index contributed by atoms with van der Waals surface area (Å²) in [5.74, 6) is -1.58. The van der Waals surface area contributed by atoms with Crippen molar-refractivity contribution in [1.29, 1.82) is 0 Å². The van der Waals surface area contributed by atoms with Gasteiger partial charge in [-0.05, 0) is 31.4 Å². The SMILES string of the molecule is CC(NC(=O)C(F)(F)F)c1ccc(C=O)c2c1CCCO2. The zero-order chi connectivity index (χ0) is 15.6. The van der Waals surface area contributed by atoms with E-state index in [4.69, 9.17) is 4.74 Å². The highest BCUT2D eigenvalue weighted by molar-refractivity contribution is 5.83. The van der Waals surface area contributed by atoms with Gasteiger partial charge in [0.1, 0.15) is 5.75 Å². The number of fused-ring (bicyclic) bond motifs is 1. The Hall–Kier alpha value is -2.05. The highest BCUT2D eigenvalue weighted by atomic mass is 19.4. The molecule has 0 aliphatic carbocycles. The summed E-state index contributed by atoms with van der Waals surface area (Å²) >= 11 is 0. The average molecular weight is 301 g/mol. The predicted molar refractivity (Wildman–Crippen MR) is 68.3 cm³/mol. The maximum absolute atomic E-state index is 12.3. The van der Waals surface area contributed by atoms with Gasteiger partial charge in [0.25, 0.3) is 0 Å². The molecule has 1 unspecified atom stereocenters. The standard InChI is InChI=1S/C14H14F3NO3/c1-8(18-13(20)14(15,16)17)10-5-4-9(7-19)12-11(10)3-2-6-21-12/h4-5,7-8H,2-3,6H2,1H3,(H,18,20). The van der Waals surface area contributed by atoms with Gasteiger partial charge in [-0.3, -0.25) is 9.59 Å². The van der Waals surface area contributed by atoms with Gasteiger partial charge in [-0.25, -0.2) is 0 Å². The molecule has 0 fully saturated rings. The monoisotopic (exact) mass is 301 g/mol. The van der Waals surface area contributed by atoms with Crippen LogP contribution in [-0.4, -0.2) is 25.0 Å². The Bertz CT molecular complexity index is 569. The van der Waals surface area contributed by atoms with Gasteiger partial charge in [0.2, 0.25) is 0 Å². The van der Waals surface area contributed by atoms with E-state index in [2.05, 4.69) is 0 Å². The van der Waals surface area contributed by atoms with Crippen molar-refractivity contribution in [2.45, 2.75) is 32.0 Å². The van der Waals surface area contributed by atoms with E-state index in [1.54, 1.807) is 6.07 Å². The Morgan fingerprint density at radius 2 is 2.14 bits per heavy atom. The number of carbonyl (C=O) groups excluding carboxylic acids is 2. The third-order valence-corrected chi connectivity index (χ3v) is 3.34. The lowest BCUT2D eigenvalue weighted by atomic mass is 9.93. The summed E-state index contributed by atoms with van der Waals surface area (Å²) in [5.41, 5.74) is 1.58. The maximum Gasteiger partial charge on any atom is 0.471 e. The Kier molecular flexibility index (Phi) is 4.20. The number of amides is 1. The fourth-order valence-corrected chi connectivity index (χ4v) is 2.37. The van der Waals surface area contributed by atoms with Crippen LogP contribution in [0, 0.1) is 0 Å². The molecule has 0 bridgehead atoms. The lowest BCUT2D eigenvalue weighted by Crippen LogP contribution is -2.38. The fraction of sp³-hybridized carbons (Fsp3) is 0.429. The second-order valence-electron chi connectivity index (χ2n) is 4.81. The largest absolute Gasteiger partial charge is 0.493 e. The second kappa shape index (κ2) is 5.75. The Morgan fingerprint density at radius 1 is 1.43 bits per heavy atom. The molecule has 0 radical (unpaired) electrons. The Balaban J connectivity index is 2.32. The summed E-state index contributed by atoms with van der Waals surface area (Å²) in [6.07, 6.45) is -2.97. The average Bonchev–Trinajstić information content (AvgIpc) is 2.44. The molecule has 0 spiro atoms. The number of nitrogens with one attached hydrogen (secondary N) is 1. The van der Waals surface area contributed by atoms with Gasteiger partial charge < -0.3 is 10.1 Å². The molecule has 1 heterocycles. The third kappa shape index (κ3) is 3.17. The van der Waals surface area contributed by atoms with Crippen LogP contribution in [0.4, 0.5) is 13.2 Å². The summed E-state index contributed by atoms with van der Waals surface area (Å²) in [6, 6.07) is 2.22. The zero-order valence-corrected chi connectivity index (χ0v) is 11.3. The fourth-order valence-electron chi connectivity index (χ4n) is 2.37. The molecule has 0 saturated heterocycles. The molecule has 1 aliphatic heterocycles. The van der Waals surface area contributed by atoms with Crippen LogP contribution >= 0.6 is 0 Å². The van der Waals surface area contributed by atoms with Gasteiger partial charge in [0.15, 0.2) is 6.29 Å². The molecule has 7 heteroatoms. The summed E-state index contributed by atoms with van der Waals surface area (Å²) in [7, 11) is 0. The number of hydrogen-bond acceptors (Lipinski definition) is 3. The lowest BCUT2D eigenvalue weighted by molar-refractivity contribution is -0.174. The van der Waals surface area contributed by atoms with Gasteiger partial charge in [-0.1, -0.05) is 6.07 Å². The van der Waals surface area contributed by atoms with Crippen molar-refractivity contribution in [3.8, 4) is 5.75 Å². The van der Waals surface area contributed by atoms with Crippen LogP contribution in [0.25, 0.3) is 0 Å². The van der Waals surface area contributed by atoms with Gasteiger partial charge >= 0.3 is 12.1 Å². The van der Waals surface area contributed by atoms with Gasteiger partial charge in [-0.2, -0.15) is 13.2 Å². The van der Waals surface area contributed by atoms with E-state index in [0.29, 0.717) is 48.2 Å². The van der Waals surface area contributed by atoms with E-state index in [-0.39, 0.29) is 0 Å². The van der Waals surface area contributed by atoms with E-state index >= 15 is 0 Å². The van der Waals surface area contributed by atoms with E-state index in [1.165, 1.54) is 13.0 Å². The van der Waals surface area contributed by atoms with Crippen LogP contribution in [0.15, 0.2) is 12.1 Å². The lowest BCUT2D eigenvalue weighted by Gasteiger charge is -2.25. The highest BCUT2D eigenvalue weighted by Crippen LogP contribution is 2.34. The number of alkyl halides is 3. The molecule has 0 saturated carbocycles. The Morgan fingerprint density at radius 3 is 2.76 bits per heavy atom. The van der Waals surface area contributed by atoms with Crippen molar-refractivity contribution in [2.75, 3.05) is 6.61 Å². The molecule has 114 valence electrons. The molecule has 1 aromatic rings. The first-order valence-corrected chi connectivity index (χ1v) is 6.46. The third-order valence-electron chi connectivity index (χ3n) is 3.34. The molecule has 2 rings (SSSR count). The van der Waals surface area contributed by atoms with Crippen molar-refractivity contribution in [3.63, 3.8) is 0 Å². The number of hydrogen-bond donors (Lipinski definition) is 1. The van der Waals surface area contributed by atoms with Crippen molar-refractivity contribution in [2.24, 2.45) is 0 Å². The van der Waals surface area contributed by atoms with Crippen molar-refractivity contribution < 1.29 is 27.5 Å². The van der Waals surface area contributed by atoms with Crippen molar-refractivity contribution in [1.82, 2.24) is 5.32 Å². The summed E-state index contributed by atoms with van der Waals surface area (Å²) in [6.45, 7) is 1.93. The molecule has 21 heavy (non-hydrogen) atoms. The van der Waals surface area contributed by atoms with E-state index < -0.39 is 18.1 Å². The number of aldehydes is 1. The topological polar surface area (TPSA) is 55.4 Å². The summed E-state index contributed by atoms with van der Waals surface area (Å²) in [5, 5.41) is 1.92. The van der Waals surface area contributed by atoms with Crippen LogP contribution in [0.5, 0.6) is 5.75 Å². The number of ether oxygens (including phenoxy) is 1. The minimum absolute atomic E-state index is 0.364. The van der Waals surface area contributed by atoms with E-state index in [0.717, 1.165) is 0 Å². The second-order valence-corrected chi connectivity index (χ2v) is 4.81. The number of halogens is 3. The zero-order valence-electron chi connectivity index (χ0n) is 11.3. The van der Waals surface area contributed by atoms with Crippen LogP contribution < -0.4 is 10.1 Å². The van der Waals surface area contributed by atoms with Gasteiger partial charge in [-0.15, -0.1) is 0 Å². The first-order valence-electron chi connectivity index (χ1n) is 6.46. The summed E-state index contributed by atoms with van der Waals surface area (Å²) in [4.78, 5) is 22.0. The van der Waals surface area contributed by atoms with Crippen LogP contribution in [0.2, 0.25) is 0 Å². The number of rotatable bonds is 3. The molecule has 1 amide bonds. The molecule has 1 atom stereocenters. The smallest absolute Gasteiger partial charge is 0.471 e. The Labute approximate surface area is 119 Å². The molecular weight excluding hydrogens is 287 g/mol. The molecule has 1 aliphatic rings. The molecule has 4 nitrogen and oxygen atoms in total. The first-order chi connectivity index (χ1) is 9.84. The van der Waals surface area contributed by atoms with Crippen molar-refractivity contribution in [3.05, 3.63) is 28.8 Å². The van der Waals surface area contributed by atoms with E-state index in [9.17, 15) is 22.8 Å². The first kappa shape index (κ1) is 15.3. The molecule has 0 aromatic heterocycles. The summed E-state index contributed by atoms with van der Waals surface area (Å²) < 4.78 is 42.3. The molecule has 1 aromatic carbocycles. The van der Waals surface area contributed by atoms with E-state index in [1.807, 2.05) is 5.32 Å². The number of carbonyl (C=O) groups is 2. The van der Waals surface area contributed by atoms with Crippen molar-refractivity contribution >= 4 is 12.2 Å². The minimum Gasteiger partial charge on any atom is -0.493 e. The quantitative estimate of drug-likeness (QED) is 0.873. The maximum atomic E-state index is 12.3. The molecular formula is C14H14F3NO3. The normalized spacial score (nSPS) is 15.6. The van der Waals surface area contributed by atoms with Crippen LogP contribution in [0.1, 0.15) is 40.9 Å². The van der Waals surface area contributed by atoms with Gasteiger partial charge in [0.05, 0.1) is 18.2 Å². The predicted octanol–water partition coefficient (Wildman–Crippen LogP) is 2.56. The minimum atomic E-state index is -4.92. The molecule has 1 N–H and O–H groups in total. The number of benzene rings is 1. The van der Waals surface area contributed by atoms with Gasteiger partial charge in [0, 0.05) is 5.56 Å². The van der Waals surface area contributed by atoms with Crippen LogP contribution in [-0.2, 0) is 11.2 Å². The van der Waals surface area contributed by atoms with Crippen LogP contribution in [0.3, 0.4) is 0 Å².